The Morgan fingerprint density at radius 3 is 2.05 bits per heavy atom. The maximum Gasteiger partial charge on any atom is 0.417 e. The Balaban J connectivity index is 2.41. The van der Waals surface area contributed by atoms with Crippen LogP contribution in [0.4, 0.5) is 26.3 Å². The lowest BCUT2D eigenvalue weighted by molar-refractivity contribution is -0.139. The number of hydrogen-bond donors (Lipinski definition) is 2. The van der Waals surface area contributed by atoms with E-state index in [4.69, 9.17) is 34.8 Å². The van der Waals surface area contributed by atoms with Crippen molar-refractivity contribution in [2.75, 3.05) is 0 Å². The maximum atomic E-state index is 13.7. The van der Waals surface area contributed by atoms with E-state index in [0.29, 0.717) is 12.1 Å². The summed E-state index contributed by atoms with van der Waals surface area (Å²) in [6.07, 6.45) is -6.79. The molecule has 0 heterocycles. The molecule has 0 aliphatic rings. The minimum Gasteiger partial charge on any atom is -0.333 e. The van der Waals surface area contributed by atoms with Gasteiger partial charge in [-0.1, -0.05) is 59.1 Å². The Morgan fingerprint density at radius 1 is 0.946 bits per heavy atom. The summed E-state index contributed by atoms with van der Waals surface area (Å²) in [5, 5.41) is 3.97. The van der Waals surface area contributed by atoms with Crippen LogP contribution in [0.5, 0.6) is 0 Å². The van der Waals surface area contributed by atoms with E-state index in [1.807, 2.05) is 0 Å². The fourth-order valence-electron chi connectivity index (χ4n) is 3.19. The highest BCUT2D eigenvalue weighted by molar-refractivity contribution is 6.48. The van der Waals surface area contributed by atoms with Gasteiger partial charge in [-0.15, -0.1) is 0 Å². The van der Waals surface area contributed by atoms with Crippen LogP contribution in [0.15, 0.2) is 48.6 Å². The van der Waals surface area contributed by atoms with E-state index in [2.05, 4.69) is 10.6 Å². The molecule has 0 aromatic heterocycles. The van der Waals surface area contributed by atoms with E-state index in [0.717, 1.165) is 36.4 Å². The second-order valence-electron chi connectivity index (χ2n) is 7.68. The maximum absolute atomic E-state index is 13.7. The topological polar surface area (TPSA) is 58.2 Å². The fourth-order valence-corrected chi connectivity index (χ4v) is 3.81. The quantitative estimate of drug-likeness (QED) is 0.150. The smallest absolute Gasteiger partial charge is 0.333 e. The number of halogens is 9. The monoisotopic (exact) mass is 586 g/mol. The number of hydrogen-bond acceptors (Lipinski definition) is 2. The van der Waals surface area contributed by atoms with Gasteiger partial charge in [-0.05, 0) is 55.3 Å². The summed E-state index contributed by atoms with van der Waals surface area (Å²) in [7, 11) is 0. The first-order valence-electron chi connectivity index (χ1n) is 10.4. The molecule has 0 aliphatic heterocycles. The first kappa shape index (κ1) is 30.5. The van der Waals surface area contributed by atoms with E-state index >= 15 is 0 Å². The van der Waals surface area contributed by atoms with Gasteiger partial charge in [-0.25, -0.2) is 0 Å². The third-order valence-corrected chi connectivity index (χ3v) is 6.01. The summed E-state index contributed by atoms with van der Waals surface area (Å²) in [6.45, 7) is 2.92. The van der Waals surface area contributed by atoms with Crippen molar-refractivity contribution in [3.63, 3.8) is 0 Å². The molecule has 13 heteroatoms. The van der Waals surface area contributed by atoms with Gasteiger partial charge < -0.3 is 10.6 Å². The standard InChI is InChI=1S/C24H19Cl3F6N2O2/c1-3-4-20(36)34-12(2)35-22(37)15-7-5-13(9-17(15)24(31,32)33)6-8-16(23(28,29)30)14-10-18(25)21(27)19(26)11-14/h3-12,16H,1-2H3,(H,34,36)(H,35,37)/b4-3+,8-6+/t12-,16?/m1/s1. The molecule has 2 aromatic carbocycles. The van der Waals surface area contributed by atoms with E-state index in [1.54, 1.807) is 6.92 Å². The van der Waals surface area contributed by atoms with Crippen LogP contribution in [-0.4, -0.2) is 24.2 Å². The average Bonchev–Trinajstić information content (AvgIpc) is 2.75. The molecule has 0 radical (unpaired) electrons. The van der Waals surface area contributed by atoms with E-state index in [9.17, 15) is 35.9 Å². The van der Waals surface area contributed by atoms with Gasteiger partial charge in [0.15, 0.2) is 0 Å². The lowest BCUT2D eigenvalue weighted by Gasteiger charge is -2.19. The van der Waals surface area contributed by atoms with E-state index < -0.39 is 47.4 Å². The zero-order chi connectivity index (χ0) is 28.1. The molecule has 0 fully saturated rings. The van der Waals surface area contributed by atoms with Crippen LogP contribution < -0.4 is 10.6 Å². The molecular formula is C24H19Cl3F6N2O2. The second-order valence-corrected chi connectivity index (χ2v) is 8.88. The van der Waals surface area contributed by atoms with Crippen LogP contribution in [-0.2, 0) is 11.0 Å². The summed E-state index contributed by atoms with van der Waals surface area (Å²) in [5.41, 5.74) is -2.77. The van der Waals surface area contributed by atoms with Gasteiger partial charge in [-0.2, -0.15) is 26.3 Å². The van der Waals surface area contributed by atoms with Crippen LogP contribution in [0, 0.1) is 0 Å². The lowest BCUT2D eigenvalue weighted by atomic mass is 9.96. The molecule has 0 bridgehead atoms. The molecule has 0 spiro atoms. The number of rotatable bonds is 7. The van der Waals surface area contributed by atoms with Gasteiger partial charge in [0.2, 0.25) is 5.91 Å². The number of nitrogens with one attached hydrogen (secondary N) is 2. The second kappa shape index (κ2) is 12.2. The molecule has 0 aliphatic carbocycles. The third-order valence-electron chi connectivity index (χ3n) is 4.82. The Kier molecular flexibility index (Phi) is 10.1. The van der Waals surface area contributed by atoms with E-state index in [1.165, 1.54) is 13.0 Å². The molecule has 2 aromatic rings. The zero-order valence-corrected chi connectivity index (χ0v) is 21.3. The van der Waals surface area contributed by atoms with Crippen molar-refractivity contribution in [3.05, 3.63) is 85.9 Å². The molecule has 2 rings (SSSR count). The van der Waals surface area contributed by atoms with Crippen molar-refractivity contribution in [2.24, 2.45) is 0 Å². The van der Waals surface area contributed by atoms with Crippen molar-refractivity contribution in [3.8, 4) is 0 Å². The highest BCUT2D eigenvalue weighted by Crippen LogP contribution is 2.41. The Labute approximate surface area is 223 Å². The number of carbonyl (C=O) groups excluding carboxylic acids is 2. The van der Waals surface area contributed by atoms with Gasteiger partial charge in [0.1, 0.15) is 0 Å². The summed E-state index contributed by atoms with van der Waals surface area (Å²) < 4.78 is 82.3. The normalized spacial score (nSPS) is 14.1. The largest absolute Gasteiger partial charge is 0.417 e. The van der Waals surface area contributed by atoms with Crippen LogP contribution in [0.3, 0.4) is 0 Å². The van der Waals surface area contributed by atoms with Crippen LogP contribution in [0.2, 0.25) is 15.1 Å². The van der Waals surface area contributed by atoms with Gasteiger partial charge in [0.05, 0.1) is 38.3 Å². The molecule has 4 nitrogen and oxygen atoms in total. The Hall–Kier alpha value is -2.69. The van der Waals surface area contributed by atoms with Crippen molar-refractivity contribution in [1.82, 2.24) is 10.6 Å². The van der Waals surface area contributed by atoms with Crippen molar-refractivity contribution >= 4 is 52.7 Å². The fraction of sp³-hybridized carbons (Fsp3) is 0.250. The molecule has 37 heavy (non-hydrogen) atoms. The first-order chi connectivity index (χ1) is 17.0. The third kappa shape index (κ3) is 8.41. The summed E-state index contributed by atoms with van der Waals surface area (Å²) >= 11 is 17.4. The van der Waals surface area contributed by atoms with Gasteiger partial charge in [-0.3, -0.25) is 9.59 Å². The molecule has 0 saturated heterocycles. The predicted octanol–water partition coefficient (Wildman–Crippen LogP) is 7.79. The summed E-state index contributed by atoms with van der Waals surface area (Å²) in [5.74, 6) is -3.98. The molecule has 2 amide bonds. The van der Waals surface area contributed by atoms with Crippen LogP contribution >= 0.6 is 34.8 Å². The number of carbonyl (C=O) groups is 2. The molecule has 200 valence electrons. The highest BCUT2D eigenvalue weighted by atomic mass is 35.5. The predicted molar refractivity (Wildman–Crippen MR) is 131 cm³/mol. The van der Waals surface area contributed by atoms with Crippen molar-refractivity contribution in [2.45, 2.75) is 38.3 Å². The zero-order valence-electron chi connectivity index (χ0n) is 19.1. The Bertz CT molecular complexity index is 1200. The molecule has 1 unspecified atom stereocenters. The number of amides is 2. The Morgan fingerprint density at radius 2 is 1.54 bits per heavy atom. The molecular weight excluding hydrogens is 569 g/mol. The van der Waals surface area contributed by atoms with Crippen LogP contribution in [0.1, 0.15) is 46.8 Å². The van der Waals surface area contributed by atoms with E-state index in [-0.39, 0.29) is 26.2 Å². The number of alkyl halides is 6. The lowest BCUT2D eigenvalue weighted by Crippen LogP contribution is -2.45. The van der Waals surface area contributed by atoms with Gasteiger partial charge >= 0.3 is 12.4 Å². The van der Waals surface area contributed by atoms with Gasteiger partial charge in [0, 0.05) is 0 Å². The van der Waals surface area contributed by atoms with Crippen molar-refractivity contribution < 1.29 is 35.9 Å². The minimum absolute atomic E-state index is 0.142. The SMILES string of the molecule is C/C=C/C(=O)N[C@@H](C)NC(=O)c1ccc(/C=C/C(c2cc(Cl)c(Cl)c(Cl)c2)C(F)(F)F)cc1C(F)(F)F. The number of allylic oxidation sites excluding steroid dienone is 2. The molecule has 0 saturated carbocycles. The first-order valence-corrected chi connectivity index (χ1v) is 11.5. The molecule has 2 atom stereocenters. The van der Waals surface area contributed by atoms with Gasteiger partial charge in [0.25, 0.3) is 5.91 Å². The minimum atomic E-state index is -5.01. The summed E-state index contributed by atoms with van der Waals surface area (Å²) in [4.78, 5) is 24.0. The number of benzene rings is 2. The van der Waals surface area contributed by atoms with Crippen LogP contribution in [0.25, 0.3) is 6.08 Å². The molecule has 2 N–H and O–H groups in total. The average molecular weight is 588 g/mol. The highest BCUT2D eigenvalue weighted by Gasteiger charge is 2.40. The summed E-state index contributed by atoms with van der Waals surface area (Å²) in [6, 6.07) is 4.35. The van der Waals surface area contributed by atoms with Crippen molar-refractivity contribution in [1.29, 1.82) is 0 Å².